The summed E-state index contributed by atoms with van der Waals surface area (Å²) < 4.78 is 21.1. The van der Waals surface area contributed by atoms with Gasteiger partial charge in [-0.05, 0) is 84.1 Å². The van der Waals surface area contributed by atoms with Gasteiger partial charge in [-0.15, -0.1) is 0 Å². The number of hydrogen-bond donors (Lipinski definition) is 1. The zero-order valence-electron chi connectivity index (χ0n) is 19.8. The summed E-state index contributed by atoms with van der Waals surface area (Å²) in [5.74, 6) is -0.408. The maximum Gasteiger partial charge on any atom is 0.328 e. The molecular weight excluding hydrogens is 391 g/mol. The van der Waals surface area contributed by atoms with Crippen molar-refractivity contribution in [2.24, 2.45) is 5.92 Å². The number of benzene rings is 1. The van der Waals surface area contributed by atoms with E-state index in [0.717, 1.165) is 30.0 Å². The minimum atomic E-state index is -1.05. The Balaban J connectivity index is 2.65. The molecule has 0 amide bonds. The van der Waals surface area contributed by atoms with E-state index in [4.69, 9.17) is 9.84 Å². The number of ether oxygens (including phenoxy) is 1. The number of carbonyl (C=O) groups is 1. The Labute approximate surface area is 186 Å². The molecule has 1 aromatic carbocycles. The van der Waals surface area contributed by atoms with E-state index in [0.29, 0.717) is 29.4 Å². The van der Waals surface area contributed by atoms with E-state index >= 15 is 4.39 Å². The number of carboxylic acids is 1. The van der Waals surface area contributed by atoms with Crippen LogP contribution >= 0.6 is 0 Å². The quantitative estimate of drug-likeness (QED) is 0.346. The minimum Gasteiger partial charge on any atom is -0.493 e. The highest BCUT2D eigenvalue weighted by molar-refractivity contribution is 5.82. The standard InChI is InChI=1S/C27H35FO3/c1-8-13-31-25-16-23-22(20(17(2)3)11-12-27(23,6)7)15-21(25)19(5)24(28)10-9-18(4)14-26(29)30/h9-11,14-17H,8,12-13H2,1-7H3,(H,29,30)/b10-9+,18-14+,24-19+. The van der Waals surface area contributed by atoms with Gasteiger partial charge < -0.3 is 9.84 Å². The first-order valence-corrected chi connectivity index (χ1v) is 11.0. The summed E-state index contributed by atoms with van der Waals surface area (Å²) >= 11 is 0. The molecule has 3 nitrogen and oxygen atoms in total. The Morgan fingerprint density at radius 3 is 2.52 bits per heavy atom. The Morgan fingerprint density at radius 2 is 1.94 bits per heavy atom. The van der Waals surface area contributed by atoms with Gasteiger partial charge in [0, 0.05) is 11.6 Å². The van der Waals surface area contributed by atoms with Crippen LogP contribution in [0, 0.1) is 5.92 Å². The van der Waals surface area contributed by atoms with Crippen LogP contribution in [-0.4, -0.2) is 17.7 Å². The smallest absolute Gasteiger partial charge is 0.328 e. The van der Waals surface area contributed by atoms with Crippen molar-refractivity contribution in [2.45, 2.75) is 66.7 Å². The lowest BCUT2D eigenvalue weighted by Gasteiger charge is -2.34. The molecule has 1 N–H and O–H groups in total. The molecule has 1 aliphatic carbocycles. The fourth-order valence-electron chi connectivity index (χ4n) is 3.84. The molecule has 2 rings (SSSR count). The highest BCUT2D eigenvalue weighted by atomic mass is 19.1. The first kappa shape index (κ1) is 24.6. The zero-order chi connectivity index (χ0) is 23.3. The molecule has 1 aliphatic rings. The summed E-state index contributed by atoms with van der Waals surface area (Å²) in [6, 6.07) is 4.15. The predicted molar refractivity (Wildman–Crippen MR) is 127 cm³/mol. The molecule has 31 heavy (non-hydrogen) atoms. The molecule has 168 valence electrons. The van der Waals surface area contributed by atoms with Crippen LogP contribution in [0.5, 0.6) is 5.75 Å². The average Bonchev–Trinajstić information content (AvgIpc) is 2.68. The van der Waals surface area contributed by atoms with Crippen LogP contribution in [-0.2, 0) is 10.2 Å². The molecule has 0 saturated heterocycles. The average molecular weight is 427 g/mol. The Morgan fingerprint density at radius 1 is 1.26 bits per heavy atom. The molecule has 0 saturated carbocycles. The third kappa shape index (κ3) is 5.96. The lowest BCUT2D eigenvalue weighted by atomic mass is 9.70. The molecule has 0 heterocycles. The molecule has 1 aromatic rings. The summed E-state index contributed by atoms with van der Waals surface area (Å²) in [5.41, 5.74) is 5.32. The van der Waals surface area contributed by atoms with Crippen LogP contribution in [0.25, 0.3) is 11.1 Å². The third-order valence-corrected chi connectivity index (χ3v) is 5.68. The Kier molecular flexibility index (Phi) is 8.05. The van der Waals surface area contributed by atoms with Crippen molar-refractivity contribution in [2.75, 3.05) is 6.61 Å². The molecular formula is C27H35FO3. The van der Waals surface area contributed by atoms with Crippen molar-refractivity contribution in [3.8, 4) is 5.75 Å². The van der Waals surface area contributed by atoms with Crippen molar-refractivity contribution < 1.29 is 19.0 Å². The first-order chi connectivity index (χ1) is 14.5. The molecule has 0 atom stereocenters. The molecule has 0 spiro atoms. The van der Waals surface area contributed by atoms with E-state index in [9.17, 15) is 4.79 Å². The second-order valence-electron chi connectivity index (χ2n) is 9.18. The van der Waals surface area contributed by atoms with Crippen LogP contribution in [0.1, 0.15) is 78.0 Å². The number of aliphatic carboxylic acids is 1. The molecule has 4 heteroatoms. The number of hydrogen-bond acceptors (Lipinski definition) is 2. The van der Waals surface area contributed by atoms with Crippen molar-refractivity contribution in [3.63, 3.8) is 0 Å². The van der Waals surface area contributed by atoms with Crippen LogP contribution in [0.3, 0.4) is 0 Å². The monoisotopic (exact) mass is 426 g/mol. The molecule has 0 fully saturated rings. The van der Waals surface area contributed by atoms with Crippen LogP contribution in [0.4, 0.5) is 4.39 Å². The Bertz CT molecular complexity index is 959. The second kappa shape index (κ2) is 10.1. The van der Waals surface area contributed by atoms with Gasteiger partial charge in [0.15, 0.2) is 0 Å². The van der Waals surface area contributed by atoms with Gasteiger partial charge in [0.05, 0.1) is 6.61 Å². The van der Waals surface area contributed by atoms with Gasteiger partial charge >= 0.3 is 5.97 Å². The van der Waals surface area contributed by atoms with E-state index in [1.807, 2.05) is 6.92 Å². The van der Waals surface area contributed by atoms with Crippen molar-refractivity contribution >= 4 is 17.1 Å². The van der Waals surface area contributed by atoms with Gasteiger partial charge in [-0.2, -0.15) is 0 Å². The second-order valence-corrected chi connectivity index (χ2v) is 9.18. The van der Waals surface area contributed by atoms with Gasteiger partial charge in [-0.1, -0.05) is 46.8 Å². The number of fused-ring (bicyclic) bond motifs is 1. The normalized spacial score (nSPS) is 16.8. The van der Waals surface area contributed by atoms with Crippen LogP contribution in [0.15, 0.2) is 47.8 Å². The van der Waals surface area contributed by atoms with Crippen LogP contribution in [0.2, 0.25) is 0 Å². The first-order valence-electron chi connectivity index (χ1n) is 11.0. The molecule has 0 bridgehead atoms. The topological polar surface area (TPSA) is 46.5 Å². The number of carboxylic acid groups (broad SMARTS) is 1. The third-order valence-electron chi connectivity index (χ3n) is 5.68. The van der Waals surface area contributed by atoms with Gasteiger partial charge in [0.25, 0.3) is 0 Å². The van der Waals surface area contributed by atoms with Gasteiger partial charge in [0.2, 0.25) is 0 Å². The molecule has 0 unspecified atom stereocenters. The summed E-state index contributed by atoms with van der Waals surface area (Å²) in [6.07, 6.45) is 7.97. The van der Waals surface area contributed by atoms with E-state index < -0.39 is 11.8 Å². The van der Waals surface area contributed by atoms with Crippen LogP contribution < -0.4 is 4.74 Å². The number of halogens is 1. The highest BCUT2D eigenvalue weighted by Crippen LogP contribution is 2.45. The Hall–Kier alpha value is -2.62. The van der Waals surface area contributed by atoms with Crippen molar-refractivity contribution in [3.05, 3.63) is 64.5 Å². The fourth-order valence-corrected chi connectivity index (χ4v) is 3.84. The minimum absolute atomic E-state index is 0.0224. The van der Waals surface area contributed by atoms with Gasteiger partial charge in [-0.3, -0.25) is 0 Å². The van der Waals surface area contributed by atoms with E-state index in [1.54, 1.807) is 13.8 Å². The van der Waals surface area contributed by atoms with Gasteiger partial charge in [-0.25, -0.2) is 9.18 Å². The summed E-state index contributed by atoms with van der Waals surface area (Å²) in [6.45, 7) is 14.8. The summed E-state index contributed by atoms with van der Waals surface area (Å²) in [5, 5.41) is 8.84. The lowest BCUT2D eigenvalue weighted by Crippen LogP contribution is -2.23. The summed E-state index contributed by atoms with van der Waals surface area (Å²) in [4.78, 5) is 10.8. The fraction of sp³-hybridized carbons (Fsp3) is 0.444. The largest absolute Gasteiger partial charge is 0.493 e. The maximum absolute atomic E-state index is 15.1. The van der Waals surface area contributed by atoms with Crippen molar-refractivity contribution in [1.29, 1.82) is 0 Å². The van der Waals surface area contributed by atoms with E-state index in [-0.39, 0.29) is 5.41 Å². The number of allylic oxidation sites excluding steroid dienone is 7. The molecule has 0 aliphatic heterocycles. The lowest BCUT2D eigenvalue weighted by molar-refractivity contribution is -0.131. The zero-order valence-corrected chi connectivity index (χ0v) is 19.8. The predicted octanol–water partition coefficient (Wildman–Crippen LogP) is 7.48. The molecule has 0 radical (unpaired) electrons. The van der Waals surface area contributed by atoms with Crippen molar-refractivity contribution in [1.82, 2.24) is 0 Å². The SMILES string of the molecule is CCCOc1cc2c(cc1\C(C)=C(F)/C=C/C(C)=C/C(=O)O)C(C(C)C)=CCC2(C)C. The summed E-state index contributed by atoms with van der Waals surface area (Å²) in [7, 11) is 0. The number of rotatable bonds is 8. The maximum atomic E-state index is 15.1. The highest BCUT2D eigenvalue weighted by Gasteiger charge is 2.31. The van der Waals surface area contributed by atoms with Gasteiger partial charge in [0.1, 0.15) is 11.6 Å². The molecule has 0 aromatic heterocycles. The van der Waals surface area contributed by atoms with E-state index in [2.05, 4.69) is 45.9 Å². The van der Waals surface area contributed by atoms with E-state index in [1.165, 1.54) is 23.3 Å².